The number of benzene rings is 2. The van der Waals surface area contributed by atoms with Crippen molar-refractivity contribution in [3.05, 3.63) is 52.6 Å². The first-order chi connectivity index (χ1) is 16.5. The third-order valence-corrected chi connectivity index (χ3v) is 8.49. The van der Waals surface area contributed by atoms with Crippen LogP contribution in [-0.4, -0.2) is 70.2 Å². The third-order valence-electron chi connectivity index (χ3n) is 6.38. The monoisotopic (exact) mass is 501 g/mol. The Bertz CT molecular complexity index is 1190. The van der Waals surface area contributed by atoms with E-state index < -0.39 is 10.0 Å². The van der Waals surface area contributed by atoms with E-state index in [2.05, 4.69) is 23.3 Å². The number of anilines is 1. The van der Waals surface area contributed by atoms with Crippen molar-refractivity contribution >= 4 is 27.4 Å². The Kier molecular flexibility index (Phi) is 8.69. The first-order valence-corrected chi connectivity index (χ1v) is 13.2. The van der Waals surface area contributed by atoms with E-state index in [0.717, 1.165) is 35.9 Å². The van der Waals surface area contributed by atoms with Crippen LogP contribution >= 0.6 is 0 Å². The molecule has 0 spiro atoms. The van der Waals surface area contributed by atoms with Crippen molar-refractivity contribution in [2.24, 2.45) is 0 Å². The van der Waals surface area contributed by atoms with Gasteiger partial charge in [0.05, 0.1) is 18.6 Å². The zero-order valence-corrected chi connectivity index (χ0v) is 22.0. The van der Waals surface area contributed by atoms with E-state index in [0.29, 0.717) is 16.9 Å². The number of amides is 1. The first-order valence-electron chi connectivity index (χ1n) is 11.7. The van der Waals surface area contributed by atoms with Gasteiger partial charge >= 0.3 is 0 Å². The van der Waals surface area contributed by atoms with Crippen LogP contribution in [-0.2, 0) is 32.5 Å². The van der Waals surface area contributed by atoms with Crippen LogP contribution in [0.2, 0.25) is 0 Å². The number of fused-ring (bicyclic) bond motifs is 1. The molecule has 0 bridgehead atoms. The van der Waals surface area contributed by atoms with E-state index in [4.69, 9.17) is 4.74 Å². The molecule has 0 saturated heterocycles. The maximum Gasteiger partial charge on any atom is 0.243 e. The SMILES string of the molecule is COc1cc(C)c(S(=O)(=O)N(C)CC(=O)CCC(=O)Nc2ccc3c(c2)CCN(C)CC3)c(C)c1. The topological polar surface area (TPSA) is 96.0 Å². The number of aryl methyl sites for hydroxylation is 2. The summed E-state index contributed by atoms with van der Waals surface area (Å²) in [7, 11) is 1.14. The molecule has 190 valence electrons. The van der Waals surface area contributed by atoms with Crippen LogP contribution in [0.25, 0.3) is 0 Å². The van der Waals surface area contributed by atoms with Gasteiger partial charge in [0.1, 0.15) is 11.5 Å². The molecule has 0 fully saturated rings. The number of methoxy groups -OCH3 is 1. The molecule has 35 heavy (non-hydrogen) atoms. The van der Waals surface area contributed by atoms with E-state index >= 15 is 0 Å². The molecule has 9 heteroatoms. The zero-order chi connectivity index (χ0) is 25.8. The second kappa shape index (κ2) is 11.3. The summed E-state index contributed by atoms with van der Waals surface area (Å²) in [6.07, 6.45) is 1.87. The number of likely N-dealkylation sites (N-methyl/N-ethyl adjacent to an activating group) is 2. The number of hydrogen-bond acceptors (Lipinski definition) is 6. The summed E-state index contributed by atoms with van der Waals surface area (Å²) >= 11 is 0. The molecule has 8 nitrogen and oxygen atoms in total. The Morgan fingerprint density at radius 3 is 2.29 bits per heavy atom. The minimum absolute atomic E-state index is 0.00681. The summed E-state index contributed by atoms with van der Waals surface area (Å²) in [5.41, 5.74) is 4.35. The largest absolute Gasteiger partial charge is 0.497 e. The molecule has 0 aromatic heterocycles. The highest BCUT2D eigenvalue weighted by molar-refractivity contribution is 7.89. The molecular formula is C26H35N3O5S. The summed E-state index contributed by atoms with van der Waals surface area (Å²) < 4.78 is 32.4. The maximum absolute atomic E-state index is 13.1. The molecule has 3 rings (SSSR count). The van der Waals surface area contributed by atoms with Crippen LogP contribution in [0.15, 0.2) is 35.2 Å². The van der Waals surface area contributed by atoms with Crippen LogP contribution in [0.4, 0.5) is 5.69 Å². The fraction of sp³-hybridized carbons (Fsp3) is 0.462. The molecule has 0 radical (unpaired) electrons. The lowest BCUT2D eigenvalue weighted by Crippen LogP contribution is -2.33. The number of nitrogens with one attached hydrogen (secondary N) is 1. The lowest BCUT2D eigenvalue weighted by atomic mass is 10.0. The fourth-order valence-electron chi connectivity index (χ4n) is 4.39. The number of Topliss-reactive ketones (excluding diaryl/α,β-unsaturated/α-hetero) is 1. The van der Waals surface area contributed by atoms with Crippen molar-refractivity contribution in [3.8, 4) is 5.75 Å². The van der Waals surface area contributed by atoms with Crippen molar-refractivity contribution < 1.29 is 22.7 Å². The summed E-state index contributed by atoms with van der Waals surface area (Å²) in [6, 6.07) is 9.26. The number of ether oxygens (including phenoxy) is 1. The van der Waals surface area contributed by atoms with Gasteiger partial charge in [-0.25, -0.2) is 8.42 Å². The predicted octanol–water partition coefficient (Wildman–Crippen LogP) is 2.95. The quantitative estimate of drug-likeness (QED) is 0.568. The van der Waals surface area contributed by atoms with Crippen LogP contribution in [0.3, 0.4) is 0 Å². The Balaban J connectivity index is 1.56. The van der Waals surface area contributed by atoms with Crippen LogP contribution in [0.1, 0.15) is 35.1 Å². The molecule has 0 saturated carbocycles. The molecule has 2 aromatic carbocycles. The van der Waals surface area contributed by atoms with Crippen LogP contribution < -0.4 is 10.1 Å². The van der Waals surface area contributed by atoms with E-state index in [1.54, 1.807) is 26.0 Å². The predicted molar refractivity (Wildman–Crippen MR) is 137 cm³/mol. The van der Waals surface area contributed by atoms with Gasteiger partial charge in [-0.15, -0.1) is 0 Å². The van der Waals surface area contributed by atoms with Crippen molar-refractivity contribution in [3.63, 3.8) is 0 Å². The summed E-state index contributed by atoms with van der Waals surface area (Å²) in [4.78, 5) is 27.4. The maximum atomic E-state index is 13.1. The summed E-state index contributed by atoms with van der Waals surface area (Å²) in [5.74, 6) is -0.0121. The molecule has 1 amide bonds. The Morgan fingerprint density at radius 1 is 1.03 bits per heavy atom. The number of sulfonamides is 1. The van der Waals surface area contributed by atoms with Gasteiger partial charge in [0.25, 0.3) is 0 Å². The molecule has 1 heterocycles. The van der Waals surface area contributed by atoms with Gasteiger partial charge in [0.2, 0.25) is 15.9 Å². The fourth-order valence-corrected chi connectivity index (χ4v) is 5.95. The van der Waals surface area contributed by atoms with E-state index in [9.17, 15) is 18.0 Å². The highest BCUT2D eigenvalue weighted by Crippen LogP contribution is 2.28. The summed E-state index contributed by atoms with van der Waals surface area (Å²) in [6.45, 7) is 5.09. The van der Waals surface area contributed by atoms with Crippen LogP contribution in [0, 0.1) is 13.8 Å². The van der Waals surface area contributed by atoms with Crippen molar-refractivity contribution in [2.45, 2.75) is 44.4 Å². The molecule has 1 N–H and O–H groups in total. The molecule has 1 aliphatic rings. The highest BCUT2D eigenvalue weighted by Gasteiger charge is 2.27. The van der Waals surface area contributed by atoms with E-state index in [-0.39, 0.29) is 36.0 Å². The Hall–Kier alpha value is -2.75. The normalized spacial score (nSPS) is 14.3. The van der Waals surface area contributed by atoms with Gasteiger partial charge < -0.3 is 15.0 Å². The second-order valence-electron chi connectivity index (χ2n) is 9.23. The van der Waals surface area contributed by atoms with Crippen molar-refractivity contribution in [1.82, 2.24) is 9.21 Å². The van der Waals surface area contributed by atoms with Gasteiger partial charge in [-0.05, 0) is 80.3 Å². The molecule has 0 aliphatic carbocycles. The molecule has 0 unspecified atom stereocenters. The first kappa shape index (κ1) is 26.8. The number of carbonyl (C=O) groups is 2. The average molecular weight is 502 g/mol. The smallest absolute Gasteiger partial charge is 0.243 e. The zero-order valence-electron chi connectivity index (χ0n) is 21.2. The number of rotatable bonds is 9. The average Bonchev–Trinajstić information content (AvgIpc) is 2.98. The van der Waals surface area contributed by atoms with Crippen molar-refractivity contribution in [2.75, 3.05) is 46.2 Å². The van der Waals surface area contributed by atoms with E-state index in [1.165, 1.54) is 25.3 Å². The molecule has 0 atom stereocenters. The number of nitrogens with zero attached hydrogens (tertiary/aromatic N) is 2. The molecular weight excluding hydrogens is 466 g/mol. The van der Waals surface area contributed by atoms with E-state index in [1.807, 2.05) is 12.1 Å². The third kappa shape index (κ3) is 6.68. The lowest BCUT2D eigenvalue weighted by Gasteiger charge is -2.20. The number of carbonyl (C=O) groups excluding carboxylic acids is 2. The van der Waals surface area contributed by atoms with Crippen molar-refractivity contribution in [1.29, 1.82) is 0 Å². The van der Waals surface area contributed by atoms with Gasteiger partial charge in [0, 0.05) is 38.7 Å². The second-order valence-corrected chi connectivity index (χ2v) is 11.2. The molecule has 1 aliphatic heterocycles. The Morgan fingerprint density at radius 2 is 1.66 bits per heavy atom. The van der Waals surface area contributed by atoms with Crippen LogP contribution in [0.5, 0.6) is 5.75 Å². The minimum atomic E-state index is -3.87. The molecule has 2 aromatic rings. The minimum Gasteiger partial charge on any atom is -0.497 e. The summed E-state index contributed by atoms with van der Waals surface area (Å²) in [5, 5.41) is 2.87. The van der Waals surface area contributed by atoms with Gasteiger partial charge in [0.15, 0.2) is 0 Å². The highest BCUT2D eigenvalue weighted by atomic mass is 32.2. The van der Waals surface area contributed by atoms with Gasteiger partial charge in [-0.3, -0.25) is 9.59 Å². The number of hydrogen-bond donors (Lipinski definition) is 1. The lowest BCUT2D eigenvalue weighted by molar-refractivity contribution is -0.122. The van der Waals surface area contributed by atoms with Gasteiger partial charge in [-0.2, -0.15) is 4.31 Å². The Labute approximate surface area is 208 Å². The number of ketones is 1. The standard InChI is InChI=1S/C26H35N3O5S/c1-18-14-24(34-5)15-19(2)26(18)35(32,33)29(4)17-23(30)8-9-25(31)27-22-7-6-20-10-12-28(3)13-11-21(20)16-22/h6-7,14-16H,8-13,17H2,1-5H3,(H,27,31). The van der Waals surface area contributed by atoms with Gasteiger partial charge in [-0.1, -0.05) is 6.07 Å².